The minimum absolute atomic E-state index is 0.0550. The maximum atomic E-state index is 16.7. The number of hydrogen-bond acceptors (Lipinski definition) is 9. The van der Waals surface area contributed by atoms with E-state index in [0.717, 1.165) is 38.6 Å². The van der Waals surface area contributed by atoms with Gasteiger partial charge in [-0.25, -0.2) is 23.4 Å². The van der Waals surface area contributed by atoms with Gasteiger partial charge in [-0.3, -0.25) is 0 Å². The molecule has 0 N–H and O–H groups in total. The summed E-state index contributed by atoms with van der Waals surface area (Å²) in [5, 5.41) is -0.425. The zero-order valence-corrected chi connectivity index (χ0v) is 29.3. The summed E-state index contributed by atoms with van der Waals surface area (Å²) in [6.45, 7) is 6.42. The number of pyridine rings is 1. The molecular weight excluding hydrogens is 674 g/mol. The molecule has 2 saturated heterocycles. The number of carbonyl (C=O) groups is 2. The highest BCUT2D eigenvalue weighted by atomic mass is 35.5. The van der Waals surface area contributed by atoms with Gasteiger partial charge in [0.15, 0.2) is 17.7 Å². The van der Waals surface area contributed by atoms with Gasteiger partial charge in [0, 0.05) is 48.5 Å². The van der Waals surface area contributed by atoms with E-state index in [2.05, 4.69) is 4.98 Å². The summed E-state index contributed by atoms with van der Waals surface area (Å²) in [6, 6.07) is 9.88. The monoisotopic (exact) mass is 714 g/mol. The van der Waals surface area contributed by atoms with Gasteiger partial charge in [0.2, 0.25) is 0 Å². The first-order valence-corrected chi connectivity index (χ1v) is 17.2. The molecule has 13 heteroatoms. The second kappa shape index (κ2) is 14.7. The van der Waals surface area contributed by atoms with Crippen LogP contribution in [0.3, 0.4) is 0 Å². The van der Waals surface area contributed by atoms with E-state index in [9.17, 15) is 9.59 Å². The summed E-state index contributed by atoms with van der Waals surface area (Å²) in [7, 11) is 1.14. The van der Waals surface area contributed by atoms with Crippen LogP contribution in [0.5, 0.6) is 11.6 Å². The van der Waals surface area contributed by atoms with Crippen molar-refractivity contribution in [3.63, 3.8) is 0 Å². The van der Waals surface area contributed by atoms with E-state index in [1.807, 2.05) is 30.3 Å². The minimum atomic E-state index is -1.24. The van der Waals surface area contributed by atoms with Crippen LogP contribution in [0, 0.1) is 11.6 Å². The first-order chi connectivity index (χ1) is 23.9. The van der Waals surface area contributed by atoms with Crippen molar-refractivity contribution in [1.82, 2.24) is 9.88 Å². The van der Waals surface area contributed by atoms with Crippen molar-refractivity contribution in [2.75, 3.05) is 33.5 Å². The molecule has 1 aromatic heterocycles. The first kappa shape index (κ1) is 35.8. The van der Waals surface area contributed by atoms with Gasteiger partial charge in [-0.05, 0) is 58.4 Å². The van der Waals surface area contributed by atoms with Crippen LogP contribution in [-0.4, -0.2) is 73.4 Å². The minimum Gasteiger partial charge on any atom is -0.480 e. The van der Waals surface area contributed by atoms with E-state index in [1.165, 1.54) is 0 Å². The van der Waals surface area contributed by atoms with E-state index in [0.29, 0.717) is 37.1 Å². The molecule has 0 aliphatic carbocycles. The second-order valence-corrected chi connectivity index (χ2v) is 13.9. The summed E-state index contributed by atoms with van der Waals surface area (Å²) in [5.74, 6) is -3.18. The standard InChI is InChI=1S/C37H41ClF2N2O8/c1-36(2,3)50-35(44)42-15-10-13-27(42)37(22-11-6-5-7-12-22)20-23-26(49-37)19-25(39)31(38)29(23)30-24(34(43)45-4)21-41-33(32(30)40)48-18-17-47-28-14-8-9-16-46-28/h5-7,11-12,19,21,27-28H,8-10,13-18,20H2,1-4H3/t27-,28?,37?/m0/s1. The van der Waals surface area contributed by atoms with Crippen LogP contribution in [0.2, 0.25) is 5.02 Å². The predicted octanol–water partition coefficient (Wildman–Crippen LogP) is 7.62. The highest BCUT2D eigenvalue weighted by molar-refractivity contribution is 6.34. The van der Waals surface area contributed by atoms with Crippen LogP contribution in [0.15, 0.2) is 42.6 Å². The van der Waals surface area contributed by atoms with Crippen LogP contribution >= 0.6 is 11.6 Å². The highest BCUT2D eigenvalue weighted by Gasteiger charge is 2.54. The first-order valence-electron chi connectivity index (χ1n) is 16.8. The number of rotatable bonds is 9. The summed E-state index contributed by atoms with van der Waals surface area (Å²) in [5.41, 5.74) is -1.65. The Balaban J connectivity index is 1.42. The van der Waals surface area contributed by atoms with E-state index >= 15 is 8.78 Å². The second-order valence-electron chi connectivity index (χ2n) is 13.6. The zero-order valence-electron chi connectivity index (χ0n) is 28.6. The zero-order chi connectivity index (χ0) is 35.6. The molecule has 10 nitrogen and oxygen atoms in total. The summed E-state index contributed by atoms with van der Waals surface area (Å²) in [6.07, 6.45) is 4.21. The molecule has 0 radical (unpaired) electrons. The maximum Gasteiger partial charge on any atom is 0.410 e. The van der Waals surface area contributed by atoms with Crippen LogP contribution < -0.4 is 9.47 Å². The highest BCUT2D eigenvalue weighted by Crippen LogP contribution is 2.53. The molecule has 3 aliphatic heterocycles. The number of methoxy groups -OCH3 is 1. The van der Waals surface area contributed by atoms with Crippen LogP contribution in [0.4, 0.5) is 13.6 Å². The number of likely N-dealkylation sites (tertiary alicyclic amines) is 1. The van der Waals surface area contributed by atoms with Crippen molar-refractivity contribution in [3.05, 3.63) is 75.9 Å². The molecular formula is C37H41ClF2N2O8. The Labute approximate surface area is 294 Å². The predicted molar refractivity (Wildman–Crippen MR) is 179 cm³/mol. The van der Waals surface area contributed by atoms with Crippen molar-refractivity contribution in [2.45, 2.75) is 82.8 Å². The lowest BCUT2D eigenvalue weighted by Crippen LogP contribution is -2.53. The normalized spacial score (nSPS) is 21.8. The fraction of sp³-hybridized carbons (Fsp3) is 0.486. The number of esters is 1. The molecule has 2 fully saturated rings. The number of halogens is 3. The molecule has 0 spiro atoms. The number of amides is 1. The van der Waals surface area contributed by atoms with Crippen LogP contribution in [0.1, 0.15) is 74.4 Å². The van der Waals surface area contributed by atoms with E-state index in [1.54, 1.807) is 25.7 Å². The molecule has 0 bridgehead atoms. The molecule has 3 aliphatic rings. The summed E-state index contributed by atoms with van der Waals surface area (Å²) >= 11 is 6.69. The Morgan fingerprint density at radius 2 is 1.86 bits per heavy atom. The van der Waals surface area contributed by atoms with Gasteiger partial charge < -0.3 is 33.3 Å². The van der Waals surface area contributed by atoms with E-state index in [4.69, 9.17) is 40.0 Å². The molecule has 268 valence electrons. The fourth-order valence-corrected chi connectivity index (χ4v) is 7.22. The molecule has 0 saturated carbocycles. The number of aromatic nitrogens is 1. The van der Waals surface area contributed by atoms with Gasteiger partial charge in [-0.2, -0.15) is 0 Å². The number of nitrogens with zero attached hydrogens (tertiary/aromatic N) is 2. The molecule has 2 unspecified atom stereocenters. The Hall–Kier alpha value is -4.00. The van der Waals surface area contributed by atoms with Gasteiger partial charge in [-0.15, -0.1) is 0 Å². The van der Waals surface area contributed by atoms with Crippen molar-refractivity contribution in [2.24, 2.45) is 0 Å². The Morgan fingerprint density at radius 1 is 1.08 bits per heavy atom. The number of carbonyl (C=O) groups excluding carboxylic acids is 2. The summed E-state index contributed by atoms with van der Waals surface area (Å²) in [4.78, 5) is 32.3. The molecule has 4 heterocycles. The Bertz CT molecular complexity index is 1730. The largest absolute Gasteiger partial charge is 0.480 e. The summed E-state index contributed by atoms with van der Waals surface area (Å²) < 4.78 is 66.9. The van der Waals surface area contributed by atoms with Crippen molar-refractivity contribution < 1.29 is 46.8 Å². The number of hydrogen-bond donors (Lipinski definition) is 0. The van der Waals surface area contributed by atoms with Gasteiger partial charge in [0.25, 0.3) is 5.88 Å². The molecule has 50 heavy (non-hydrogen) atoms. The van der Waals surface area contributed by atoms with E-state index < -0.39 is 51.8 Å². The fourth-order valence-electron chi connectivity index (χ4n) is 6.95. The Morgan fingerprint density at radius 3 is 2.56 bits per heavy atom. The van der Waals surface area contributed by atoms with Gasteiger partial charge in [0.05, 0.1) is 30.3 Å². The van der Waals surface area contributed by atoms with Gasteiger partial charge in [-0.1, -0.05) is 41.9 Å². The Kier molecular flexibility index (Phi) is 10.5. The van der Waals surface area contributed by atoms with Crippen LogP contribution in [-0.2, 0) is 31.0 Å². The van der Waals surface area contributed by atoms with Crippen molar-refractivity contribution in [1.29, 1.82) is 0 Å². The smallest absolute Gasteiger partial charge is 0.410 e. The average Bonchev–Trinajstić information content (AvgIpc) is 3.74. The molecule has 2 aromatic carbocycles. The van der Waals surface area contributed by atoms with Crippen molar-refractivity contribution >= 4 is 23.7 Å². The van der Waals surface area contributed by atoms with E-state index in [-0.39, 0.29) is 48.4 Å². The lowest BCUT2D eigenvalue weighted by atomic mass is 9.80. The van der Waals surface area contributed by atoms with Crippen LogP contribution in [0.25, 0.3) is 11.1 Å². The van der Waals surface area contributed by atoms with Crippen molar-refractivity contribution in [3.8, 4) is 22.8 Å². The number of fused-ring (bicyclic) bond motifs is 1. The topological polar surface area (TPSA) is 106 Å². The molecule has 6 rings (SSSR count). The third-order valence-electron chi connectivity index (χ3n) is 9.11. The quantitative estimate of drug-likeness (QED) is 0.164. The number of benzene rings is 2. The molecule has 1 amide bonds. The third kappa shape index (κ3) is 7.11. The maximum absolute atomic E-state index is 16.7. The average molecular weight is 715 g/mol. The SMILES string of the molecule is COC(=O)c1cnc(OCCOC2CCCCO2)c(F)c1-c1c(Cl)c(F)cc2c1CC(c1ccccc1)([C@@H]1CCCN1C(=O)OC(C)(C)C)O2. The van der Waals surface area contributed by atoms with Gasteiger partial charge >= 0.3 is 12.1 Å². The lowest BCUT2D eigenvalue weighted by molar-refractivity contribution is -0.165. The van der Waals surface area contributed by atoms with Gasteiger partial charge in [0.1, 0.15) is 23.8 Å². The lowest BCUT2D eigenvalue weighted by Gasteiger charge is -2.40. The number of ether oxygens (including phenoxy) is 6. The molecule has 3 atom stereocenters. The molecule has 3 aromatic rings. The third-order valence-corrected chi connectivity index (χ3v) is 9.48.